The van der Waals surface area contributed by atoms with Crippen molar-refractivity contribution < 1.29 is 4.79 Å². The van der Waals surface area contributed by atoms with Gasteiger partial charge in [0.15, 0.2) is 0 Å². The third-order valence-electron chi connectivity index (χ3n) is 4.36. The first-order valence-corrected chi connectivity index (χ1v) is 4.77. The monoisotopic (exact) mass is 167 g/mol. The lowest BCUT2D eigenvalue weighted by molar-refractivity contribution is -0.123. The average molecular weight is 167 g/mol. The molecule has 1 N–H and O–H groups in total. The number of hydrogen-bond donors (Lipinski definition) is 1. The van der Waals surface area contributed by atoms with Crippen molar-refractivity contribution in [1.82, 2.24) is 5.32 Å². The van der Waals surface area contributed by atoms with E-state index >= 15 is 0 Å². The molecule has 2 atom stereocenters. The number of carbonyl (C=O) groups is 1. The molecular weight excluding hydrogens is 150 g/mol. The quantitative estimate of drug-likeness (QED) is 0.631. The van der Waals surface area contributed by atoms with E-state index < -0.39 is 0 Å². The Kier molecular flexibility index (Phi) is 1.37. The molecule has 0 aromatic carbocycles. The molecule has 0 radical (unpaired) electrons. The Morgan fingerprint density at radius 3 is 2.33 bits per heavy atom. The second-order valence-electron chi connectivity index (χ2n) is 4.92. The van der Waals surface area contributed by atoms with Gasteiger partial charge in [-0.05, 0) is 18.3 Å². The normalized spacial score (nSPS) is 44.2. The maximum Gasteiger partial charge on any atom is 0.223 e. The van der Waals surface area contributed by atoms with Crippen LogP contribution >= 0.6 is 0 Å². The van der Waals surface area contributed by atoms with E-state index in [9.17, 15) is 4.79 Å². The van der Waals surface area contributed by atoms with Crippen molar-refractivity contribution >= 4 is 5.91 Å². The Morgan fingerprint density at radius 2 is 2.00 bits per heavy atom. The van der Waals surface area contributed by atoms with Crippen molar-refractivity contribution in [3.05, 3.63) is 0 Å². The molecule has 0 spiro atoms. The van der Waals surface area contributed by atoms with Crippen molar-refractivity contribution in [3.8, 4) is 0 Å². The van der Waals surface area contributed by atoms with E-state index in [0.717, 1.165) is 6.54 Å². The first-order chi connectivity index (χ1) is 5.50. The van der Waals surface area contributed by atoms with Gasteiger partial charge in [-0.25, -0.2) is 0 Å². The Balaban J connectivity index is 2.26. The third-order valence-corrected chi connectivity index (χ3v) is 4.36. The lowest BCUT2D eigenvalue weighted by Crippen LogP contribution is -2.34. The van der Waals surface area contributed by atoms with Gasteiger partial charge < -0.3 is 5.32 Å². The van der Waals surface area contributed by atoms with E-state index in [1.54, 1.807) is 0 Å². The maximum absolute atomic E-state index is 11.4. The standard InChI is InChI=1S/C10H17NO/c1-7-8(12)11-6-10(7,3)9(2)4-5-9/h7H,4-6H2,1-3H3,(H,11,12). The summed E-state index contributed by atoms with van der Waals surface area (Å²) in [6.07, 6.45) is 2.59. The molecular formula is C10H17NO. The van der Waals surface area contributed by atoms with E-state index in [1.165, 1.54) is 12.8 Å². The molecule has 2 heteroatoms. The largest absolute Gasteiger partial charge is 0.355 e. The van der Waals surface area contributed by atoms with Gasteiger partial charge in [0.1, 0.15) is 0 Å². The van der Waals surface area contributed by atoms with E-state index in [-0.39, 0.29) is 17.2 Å². The number of nitrogens with one attached hydrogen (secondary N) is 1. The van der Waals surface area contributed by atoms with Crippen LogP contribution in [0, 0.1) is 16.7 Å². The van der Waals surface area contributed by atoms with Gasteiger partial charge >= 0.3 is 0 Å². The SMILES string of the molecule is CC1C(=O)NCC1(C)C1(C)CC1. The molecule has 2 rings (SSSR count). The van der Waals surface area contributed by atoms with Crippen LogP contribution in [0.25, 0.3) is 0 Å². The molecule has 12 heavy (non-hydrogen) atoms. The van der Waals surface area contributed by atoms with Crippen LogP contribution in [-0.4, -0.2) is 12.5 Å². The van der Waals surface area contributed by atoms with Crippen LogP contribution in [0.4, 0.5) is 0 Å². The van der Waals surface area contributed by atoms with Gasteiger partial charge in [0.25, 0.3) is 0 Å². The van der Waals surface area contributed by atoms with Crippen LogP contribution in [0.5, 0.6) is 0 Å². The Labute approximate surface area is 73.7 Å². The molecule has 68 valence electrons. The van der Waals surface area contributed by atoms with Gasteiger partial charge in [0, 0.05) is 17.9 Å². The van der Waals surface area contributed by atoms with Crippen LogP contribution in [-0.2, 0) is 4.79 Å². The minimum absolute atomic E-state index is 0.199. The van der Waals surface area contributed by atoms with E-state index in [0.29, 0.717) is 5.41 Å². The molecule has 2 unspecified atom stereocenters. The van der Waals surface area contributed by atoms with E-state index in [4.69, 9.17) is 0 Å². The second kappa shape index (κ2) is 2.04. The highest BCUT2D eigenvalue weighted by molar-refractivity contribution is 5.81. The third kappa shape index (κ3) is 0.782. The minimum atomic E-state index is 0.199. The summed E-state index contributed by atoms with van der Waals surface area (Å²) in [5, 5.41) is 2.97. The average Bonchev–Trinajstić information content (AvgIpc) is 2.73. The summed E-state index contributed by atoms with van der Waals surface area (Å²) >= 11 is 0. The van der Waals surface area contributed by atoms with Crippen molar-refractivity contribution in [2.45, 2.75) is 33.6 Å². The molecule has 1 amide bonds. The van der Waals surface area contributed by atoms with Crippen molar-refractivity contribution in [3.63, 3.8) is 0 Å². The van der Waals surface area contributed by atoms with Crippen molar-refractivity contribution in [1.29, 1.82) is 0 Å². The highest BCUT2D eigenvalue weighted by atomic mass is 16.2. The maximum atomic E-state index is 11.4. The van der Waals surface area contributed by atoms with Crippen molar-refractivity contribution in [2.75, 3.05) is 6.54 Å². The molecule has 0 aromatic rings. The van der Waals surface area contributed by atoms with Gasteiger partial charge in [-0.2, -0.15) is 0 Å². The molecule has 1 saturated carbocycles. The summed E-state index contributed by atoms with van der Waals surface area (Å²) < 4.78 is 0. The summed E-state index contributed by atoms with van der Waals surface area (Å²) in [4.78, 5) is 11.4. The summed E-state index contributed by atoms with van der Waals surface area (Å²) in [5.41, 5.74) is 0.648. The second-order valence-corrected chi connectivity index (χ2v) is 4.92. The first kappa shape index (κ1) is 8.09. The number of rotatable bonds is 1. The zero-order valence-electron chi connectivity index (χ0n) is 8.11. The zero-order valence-corrected chi connectivity index (χ0v) is 8.11. The molecule has 1 heterocycles. The number of hydrogen-bond acceptors (Lipinski definition) is 1. The first-order valence-electron chi connectivity index (χ1n) is 4.77. The summed E-state index contributed by atoms with van der Waals surface area (Å²) in [5.74, 6) is 0.440. The van der Waals surface area contributed by atoms with Gasteiger partial charge in [-0.3, -0.25) is 4.79 Å². The Hall–Kier alpha value is -0.530. The highest BCUT2D eigenvalue weighted by Crippen LogP contribution is 2.62. The molecule has 0 aromatic heterocycles. The highest BCUT2D eigenvalue weighted by Gasteiger charge is 2.59. The topological polar surface area (TPSA) is 29.1 Å². The lowest BCUT2D eigenvalue weighted by Gasteiger charge is -2.33. The number of amides is 1. The minimum Gasteiger partial charge on any atom is -0.355 e. The fraction of sp³-hybridized carbons (Fsp3) is 0.900. The smallest absolute Gasteiger partial charge is 0.223 e. The predicted molar refractivity (Wildman–Crippen MR) is 47.6 cm³/mol. The van der Waals surface area contributed by atoms with Crippen LogP contribution in [0.2, 0.25) is 0 Å². The summed E-state index contributed by atoms with van der Waals surface area (Å²) in [6.45, 7) is 7.50. The fourth-order valence-electron chi connectivity index (χ4n) is 2.36. The molecule has 2 nitrogen and oxygen atoms in total. The van der Waals surface area contributed by atoms with E-state index in [2.05, 4.69) is 26.1 Å². The lowest BCUT2D eigenvalue weighted by atomic mass is 9.69. The Morgan fingerprint density at radius 1 is 1.42 bits per heavy atom. The van der Waals surface area contributed by atoms with Crippen LogP contribution < -0.4 is 5.32 Å². The van der Waals surface area contributed by atoms with Crippen LogP contribution in [0.1, 0.15) is 33.6 Å². The molecule has 1 aliphatic carbocycles. The summed E-state index contributed by atoms with van der Waals surface area (Å²) in [7, 11) is 0. The van der Waals surface area contributed by atoms with Crippen LogP contribution in [0.15, 0.2) is 0 Å². The molecule has 2 fully saturated rings. The molecule has 1 aliphatic heterocycles. The molecule has 1 saturated heterocycles. The number of carbonyl (C=O) groups excluding carboxylic acids is 1. The van der Waals surface area contributed by atoms with Gasteiger partial charge in [-0.1, -0.05) is 20.8 Å². The van der Waals surface area contributed by atoms with Gasteiger partial charge in [-0.15, -0.1) is 0 Å². The predicted octanol–water partition coefficient (Wildman–Crippen LogP) is 1.56. The van der Waals surface area contributed by atoms with Crippen LogP contribution in [0.3, 0.4) is 0 Å². The molecule has 0 bridgehead atoms. The Bertz CT molecular complexity index is 232. The zero-order chi connectivity index (χ0) is 8.98. The van der Waals surface area contributed by atoms with Gasteiger partial charge in [0.2, 0.25) is 5.91 Å². The fourth-order valence-corrected chi connectivity index (χ4v) is 2.36. The van der Waals surface area contributed by atoms with Gasteiger partial charge in [0.05, 0.1) is 0 Å². The van der Waals surface area contributed by atoms with E-state index in [1.807, 2.05) is 0 Å². The molecule has 2 aliphatic rings. The van der Waals surface area contributed by atoms with Crippen molar-refractivity contribution in [2.24, 2.45) is 16.7 Å². The summed E-state index contributed by atoms with van der Waals surface area (Å²) in [6, 6.07) is 0.